The molecule has 0 saturated heterocycles. The van der Waals surface area contributed by atoms with Crippen LogP contribution in [0.5, 0.6) is 0 Å². The van der Waals surface area contributed by atoms with Gasteiger partial charge in [0.05, 0.1) is 0 Å². The molecule has 0 aromatic heterocycles. The van der Waals surface area contributed by atoms with Gasteiger partial charge in [0.2, 0.25) is 0 Å². The summed E-state index contributed by atoms with van der Waals surface area (Å²) >= 11 is 6.00. The number of carbonyl (C=O) groups is 2. The molecule has 0 unspecified atom stereocenters. The number of carboxylic acids is 1. The van der Waals surface area contributed by atoms with E-state index in [1.807, 2.05) is 24.3 Å². The highest BCUT2D eigenvalue weighted by molar-refractivity contribution is 6.30. The number of benzene rings is 1. The first kappa shape index (κ1) is 18.7. The molecule has 1 fully saturated rings. The van der Waals surface area contributed by atoms with Crippen molar-refractivity contribution in [3.05, 3.63) is 40.9 Å². The molecule has 1 saturated carbocycles. The molecule has 0 amide bonds. The third kappa shape index (κ3) is 6.12. The minimum Gasteiger partial charge on any atom is -0.481 e. The van der Waals surface area contributed by atoms with Crippen LogP contribution in [0.2, 0.25) is 5.02 Å². The van der Waals surface area contributed by atoms with E-state index in [1.54, 1.807) is 0 Å². The normalized spacial score (nSPS) is 20.8. The predicted octanol–water partition coefficient (Wildman–Crippen LogP) is 5.37. The number of aliphatic carboxylic acids is 1. The summed E-state index contributed by atoms with van der Waals surface area (Å²) in [6.45, 7) is 0. The molecule has 3 nitrogen and oxygen atoms in total. The van der Waals surface area contributed by atoms with Gasteiger partial charge in [-0.15, -0.1) is 0 Å². The van der Waals surface area contributed by atoms with Gasteiger partial charge in [-0.05, 0) is 42.9 Å². The Kier molecular flexibility index (Phi) is 7.51. The van der Waals surface area contributed by atoms with Crippen molar-refractivity contribution in [3.63, 3.8) is 0 Å². The van der Waals surface area contributed by atoms with Crippen molar-refractivity contribution in [1.82, 2.24) is 0 Å². The summed E-state index contributed by atoms with van der Waals surface area (Å²) in [5, 5.41) is 9.34. The van der Waals surface area contributed by atoms with Crippen molar-refractivity contribution < 1.29 is 14.7 Å². The first-order valence-electron chi connectivity index (χ1n) is 8.74. The number of unbranched alkanes of at least 4 members (excludes halogenated alkanes) is 3. The molecule has 1 aromatic carbocycles. The molecule has 0 radical (unpaired) electrons. The molecular formula is C20H25ClO3. The van der Waals surface area contributed by atoms with E-state index in [1.165, 1.54) is 0 Å². The number of rotatable bonds is 9. The smallest absolute Gasteiger partial charge is 0.303 e. The Bertz CT molecular complexity index is 594. The van der Waals surface area contributed by atoms with Gasteiger partial charge in [0.25, 0.3) is 0 Å². The van der Waals surface area contributed by atoms with E-state index in [9.17, 15) is 9.59 Å². The molecule has 1 aromatic rings. The number of Topliss-reactive ketones (excluding diaryl/α,β-unsaturated/α-hetero) is 1. The number of ketones is 1. The van der Waals surface area contributed by atoms with Crippen molar-refractivity contribution in [3.8, 4) is 0 Å². The zero-order valence-corrected chi connectivity index (χ0v) is 14.7. The maximum Gasteiger partial charge on any atom is 0.303 e. The molecule has 0 heterocycles. The molecular weight excluding hydrogens is 324 g/mol. The minimum atomic E-state index is -0.729. The first-order chi connectivity index (χ1) is 11.6. The highest BCUT2D eigenvalue weighted by Gasteiger charge is 2.32. The van der Waals surface area contributed by atoms with Crippen LogP contribution in [0.1, 0.15) is 56.9 Å². The van der Waals surface area contributed by atoms with Crippen molar-refractivity contribution >= 4 is 29.4 Å². The molecule has 4 heteroatoms. The van der Waals surface area contributed by atoms with E-state index in [4.69, 9.17) is 16.7 Å². The van der Waals surface area contributed by atoms with Crippen LogP contribution in [0.15, 0.2) is 30.3 Å². The van der Waals surface area contributed by atoms with E-state index in [0.29, 0.717) is 18.1 Å². The lowest BCUT2D eigenvalue weighted by Crippen LogP contribution is -2.13. The van der Waals surface area contributed by atoms with Crippen LogP contribution in [-0.2, 0) is 9.59 Å². The lowest BCUT2D eigenvalue weighted by Gasteiger charge is -2.14. The highest BCUT2D eigenvalue weighted by atomic mass is 35.5. The minimum absolute atomic E-state index is 0.125. The second-order valence-corrected chi connectivity index (χ2v) is 6.97. The summed E-state index contributed by atoms with van der Waals surface area (Å²) < 4.78 is 0. The number of hydrogen-bond donors (Lipinski definition) is 1. The second-order valence-electron chi connectivity index (χ2n) is 6.54. The zero-order valence-electron chi connectivity index (χ0n) is 13.9. The summed E-state index contributed by atoms with van der Waals surface area (Å²) in [7, 11) is 0. The summed E-state index contributed by atoms with van der Waals surface area (Å²) in [6.07, 6.45) is 10.6. The fourth-order valence-electron chi connectivity index (χ4n) is 3.38. The third-order valence-corrected chi connectivity index (χ3v) is 4.93. The van der Waals surface area contributed by atoms with Gasteiger partial charge in [0.1, 0.15) is 5.78 Å². The van der Waals surface area contributed by atoms with Crippen molar-refractivity contribution in [2.24, 2.45) is 11.8 Å². The number of allylic oxidation sites excluding steroid dienone is 1. The average molecular weight is 349 g/mol. The average Bonchev–Trinajstić information content (AvgIpc) is 2.89. The standard InChI is InChI=1S/C20H25ClO3/c21-17-7-5-6-15(14-17)10-11-16-12-13-19(22)18(16)8-3-1-2-4-9-20(23)24/h5-7,10-11,14,16,18H,1-4,8-9,12-13H2,(H,23,24)/t16-,18+/m1/s1. The Morgan fingerprint density at radius 3 is 2.79 bits per heavy atom. The van der Waals surface area contributed by atoms with Gasteiger partial charge in [0, 0.05) is 23.8 Å². The Morgan fingerprint density at radius 2 is 2.04 bits per heavy atom. The van der Waals surface area contributed by atoms with Crippen molar-refractivity contribution in [2.75, 3.05) is 0 Å². The topological polar surface area (TPSA) is 54.4 Å². The number of carboxylic acid groups (broad SMARTS) is 1. The van der Waals surface area contributed by atoms with Gasteiger partial charge in [-0.1, -0.05) is 55.1 Å². The van der Waals surface area contributed by atoms with E-state index in [2.05, 4.69) is 12.2 Å². The van der Waals surface area contributed by atoms with Crippen LogP contribution in [0.4, 0.5) is 0 Å². The molecule has 1 aliphatic rings. The van der Waals surface area contributed by atoms with Gasteiger partial charge < -0.3 is 5.11 Å². The van der Waals surface area contributed by atoms with Gasteiger partial charge in [-0.3, -0.25) is 9.59 Å². The monoisotopic (exact) mass is 348 g/mol. The van der Waals surface area contributed by atoms with E-state index in [-0.39, 0.29) is 12.3 Å². The highest BCUT2D eigenvalue weighted by Crippen LogP contribution is 2.34. The van der Waals surface area contributed by atoms with E-state index in [0.717, 1.165) is 49.1 Å². The van der Waals surface area contributed by atoms with Crippen LogP contribution in [-0.4, -0.2) is 16.9 Å². The summed E-state index contributed by atoms with van der Waals surface area (Å²) in [6, 6.07) is 7.71. The molecule has 130 valence electrons. The van der Waals surface area contributed by atoms with Crippen LogP contribution in [0.3, 0.4) is 0 Å². The lowest BCUT2D eigenvalue weighted by atomic mass is 9.89. The van der Waals surface area contributed by atoms with Crippen LogP contribution >= 0.6 is 11.6 Å². The lowest BCUT2D eigenvalue weighted by molar-refractivity contribution is -0.137. The van der Waals surface area contributed by atoms with Crippen molar-refractivity contribution in [1.29, 1.82) is 0 Å². The van der Waals surface area contributed by atoms with Crippen LogP contribution in [0.25, 0.3) is 6.08 Å². The number of hydrogen-bond acceptors (Lipinski definition) is 2. The Balaban J connectivity index is 1.79. The molecule has 1 N–H and O–H groups in total. The molecule has 0 bridgehead atoms. The molecule has 1 aliphatic carbocycles. The van der Waals surface area contributed by atoms with Gasteiger partial charge >= 0.3 is 5.97 Å². The summed E-state index contributed by atoms with van der Waals surface area (Å²) in [5.74, 6) is 0.0869. The molecule has 24 heavy (non-hydrogen) atoms. The molecule has 2 atom stereocenters. The number of carbonyl (C=O) groups excluding carboxylic acids is 1. The Morgan fingerprint density at radius 1 is 1.25 bits per heavy atom. The van der Waals surface area contributed by atoms with Crippen molar-refractivity contribution in [2.45, 2.75) is 51.4 Å². The quantitative estimate of drug-likeness (QED) is 0.610. The fraction of sp³-hybridized carbons (Fsp3) is 0.500. The molecule has 0 spiro atoms. The van der Waals surface area contributed by atoms with Gasteiger partial charge in [0.15, 0.2) is 0 Å². The predicted molar refractivity (Wildman–Crippen MR) is 97.0 cm³/mol. The molecule has 0 aliphatic heterocycles. The Labute approximate surface area is 148 Å². The Hall–Kier alpha value is -1.61. The van der Waals surface area contributed by atoms with E-state index < -0.39 is 5.97 Å². The van der Waals surface area contributed by atoms with Crippen LogP contribution < -0.4 is 0 Å². The fourth-order valence-corrected chi connectivity index (χ4v) is 3.58. The maximum absolute atomic E-state index is 12.1. The summed E-state index contributed by atoms with van der Waals surface area (Å²) in [5.41, 5.74) is 1.06. The van der Waals surface area contributed by atoms with E-state index >= 15 is 0 Å². The third-order valence-electron chi connectivity index (χ3n) is 4.69. The maximum atomic E-state index is 12.1. The van der Waals surface area contributed by atoms with Gasteiger partial charge in [-0.2, -0.15) is 0 Å². The van der Waals surface area contributed by atoms with Crippen LogP contribution in [0, 0.1) is 11.8 Å². The number of halogens is 1. The van der Waals surface area contributed by atoms with Gasteiger partial charge in [-0.25, -0.2) is 0 Å². The first-order valence-corrected chi connectivity index (χ1v) is 9.12. The SMILES string of the molecule is O=C(O)CCCCCC[C@@H]1C(=O)CC[C@H]1C=Cc1cccc(Cl)c1. The second kappa shape index (κ2) is 9.63. The summed E-state index contributed by atoms with van der Waals surface area (Å²) in [4.78, 5) is 22.6. The molecule has 2 rings (SSSR count). The zero-order chi connectivity index (χ0) is 17.4. The largest absolute Gasteiger partial charge is 0.481 e.